The molecular formula is C22H20N2O5S. The third-order valence-corrected chi connectivity index (χ3v) is 6.32. The number of rotatable bonds is 5. The van der Waals surface area contributed by atoms with Crippen molar-refractivity contribution in [1.29, 1.82) is 0 Å². The van der Waals surface area contributed by atoms with Crippen LogP contribution < -0.4 is 0 Å². The lowest BCUT2D eigenvalue weighted by Gasteiger charge is -2.48. The average molecular weight is 424 g/mol. The second-order valence-corrected chi connectivity index (χ2v) is 8.07. The number of hydrogen-bond acceptors (Lipinski definition) is 6. The van der Waals surface area contributed by atoms with Gasteiger partial charge in [0.25, 0.3) is 11.8 Å². The zero-order chi connectivity index (χ0) is 21.3. The molecule has 0 bridgehead atoms. The van der Waals surface area contributed by atoms with E-state index < -0.39 is 18.0 Å². The van der Waals surface area contributed by atoms with Gasteiger partial charge in [-0.25, -0.2) is 4.99 Å². The van der Waals surface area contributed by atoms with E-state index >= 15 is 0 Å². The summed E-state index contributed by atoms with van der Waals surface area (Å²) in [6, 6.07) is 13.7. The second-order valence-electron chi connectivity index (χ2n) is 6.97. The Balaban J connectivity index is 1.62. The molecule has 4 rings (SSSR count). The number of carbonyl (C=O) groups excluding carboxylic acids is 3. The minimum atomic E-state index is -0.586. The van der Waals surface area contributed by atoms with Crippen LogP contribution in [0.2, 0.25) is 0 Å². The predicted molar refractivity (Wildman–Crippen MR) is 114 cm³/mol. The number of aliphatic imine (C=N–C) groups is 1. The summed E-state index contributed by atoms with van der Waals surface area (Å²) < 4.78 is 10.3. The maximum Gasteiger partial charge on any atom is 0.302 e. The molecular weight excluding hydrogens is 404 g/mol. The van der Waals surface area contributed by atoms with Crippen molar-refractivity contribution < 1.29 is 23.9 Å². The van der Waals surface area contributed by atoms with E-state index in [1.54, 1.807) is 0 Å². The minimum absolute atomic E-state index is 0.0525. The Morgan fingerprint density at radius 2 is 2.00 bits per heavy atom. The number of esters is 1. The number of ether oxygens (including phenoxy) is 2. The quantitative estimate of drug-likeness (QED) is 0.417. The summed E-state index contributed by atoms with van der Waals surface area (Å²) in [5.41, 5.74) is 1.51. The molecule has 154 valence electrons. The number of fused-ring (bicyclic) bond motifs is 2. The molecule has 1 fully saturated rings. The van der Waals surface area contributed by atoms with Crippen LogP contribution >= 0.6 is 11.8 Å². The van der Waals surface area contributed by atoms with Crippen molar-refractivity contribution in [2.45, 2.75) is 18.4 Å². The highest BCUT2D eigenvalue weighted by molar-refractivity contribution is 8.00. The molecule has 2 amide bonds. The monoisotopic (exact) mass is 424 g/mol. The number of thioether (sulfide) groups is 1. The third kappa shape index (κ3) is 3.76. The lowest BCUT2D eigenvalue weighted by atomic mass is 10.0. The van der Waals surface area contributed by atoms with E-state index in [9.17, 15) is 14.4 Å². The molecule has 0 unspecified atom stereocenters. The predicted octanol–water partition coefficient (Wildman–Crippen LogP) is 2.53. The molecule has 0 spiro atoms. The van der Waals surface area contributed by atoms with Crippen molar-refractivity contribution in [3.63, 3.8) is 0 Å². The Labute approximate surface area is 177 Å². The zero-order valence-electron chi connectivity index (χ0n) is 16.5. The second kappa shape index (κ2) is 8.41. The Morgan fingerprint density at radius 3 is 2.73 bits per heavy atom. The van der Waals surface area contributed by atoms with Gasteiger partial charge >= 0.3 is 5.97 Å². The van der Waals surface area contributed by atoms with Gasteiger partial charge in [-0.15, -0.1) is 11.8 Å². The highest BCUT2D eigenvalue weighted by Gasteiger charge is 2.53. The molecule has 2 aromatic rings. The molecule has 2 aliphatic rings. The van der Waals surface area contributed by atoms with Gasteiger partial charge in [0.15, 0.2) is 6.10 Å². The first-order valence-electron chi connectivity index (χ1n) is 9.39. The normalized spacial score (nSPS) is 21.0. The molecule has 7 nitrogen and oxygen atoms in total. The van der Waals surface area contributed by atoms with Gasteiger partial charge < -0.3 is 9.47 Å². The molecule has 8 heteroatoms. The van der Waals surface area contributed by atoms with Gasteiger partial charge in [-0.1, -0.05) is 36.4 Å². The number of hydrogen-bond donors (Lipinski definition) is 0. The van der Waals surface area contributed by atoms with Gasteiger partial charge in [-0.3, -0.25) is 19.3 Å². The topological polar surface area (TPSA) is 85.3 Å². The Bertz CT molecular complexity index is 1090. The molecule has 30 heavy (non-hydrogen) atoms. The number of β-lactam (4-membered cyclic amide) rings is 1. The number of benzene rings is 2. The van der Waals surface area contributed by atoms with Gasteiger partial charge in [-0.05, 0) is 22.4 Å². The van der Waals surface area contributed by atoms with E-state index in [1.165, 1.54) is 36.9 Å². The van der Waals surface area contributed by atoms with Crippen LogP contribution in [-0.2, 0) is 23.9 Å². The molecule has 0 radical (unpaired) electrons. The molecule has 0 saturated carbocycles. The van der Waals surface area contributed by atoms with Crippen LogP contribution in [0.1, 0.15) is 12.5 Å². The van der Waals surface area contributed by atoms with Crippen molar-refractivity contribution in [3.8, 4) is 0 Å². The Hall–Kier alpha value is -2.97. The van der Waals surface area contributed by atoms with Crippen molar-refractivity contribution in [1.82, 2.24) is 4.90 Å². The largest absolute Gasteiger partial charge is 0.461 e. The van der Waals surface area contributed by atoms with Crippen molar-refractivity contribution in [2.24, 2.45) is 4.99 Å². The minimum Gasteiger partial charge on any atom is -0.461 e. The van der Waals surface area contributed by atoms with Crippen LogP contribution in [0.25, 0.3) is 10.8 Å². The van der Waals surface area contributed by atoms with E-state index in [-0.39, 0.29) is 23.6 Å². The van der Waals surface area contributed by atoms with Crippen LogP contribution in [0.4, 0.5) is 0 Å². The van der Waals surface area contributed by atoms with E-state index in [0.29, 0.717) is 11.3 Å². The number of carbonyl (C=O) groups is 3. The van der Waals surface area contributed by atoms with Crippen LogP contribution in [0, 0.1) is 0 Å². The van der Waals surface area contributed by atoms with E-state index in [0.717, 1.165) is 16.3 Å². The van der Waals surface area contributed by atoms with E-state index in [4.69, 9.17) is 9.47 Å². The maximum atomic E-state index is 13.0. The van der Waals surface area contributed by atoms with Crippen LogP contribution in [0.5, 0.6) is 0 Å². The highest BCUT2D eigenvalue weighted by atomic mass is 32.2. The third-order valence-electron chi connectivity index (χ3n) is 5.01. The summed E-state index contributed by atoms with van der Waals surface area (Å²) in [6.07, 6.45) is 0.901. The molecule has 2 heterocycles. The van der Waals surface area contributed by atoms with Crippen LogP contribution in [0.15, 0.2) is 58.7 Å². The van der Waals surface area contributed by atoms with Crippen molar-refractivity contribution >= 4 is 46.5 Å². The maximum absolute atomic E-state index is 13.0. The first kappa shape index (κ1) is 20.3. The SMILES string of the molecule is CO[C@H]1C(=O)N2C(C(=O)N=Cc3ccc4ccccc4c3)=C(COC(C)=O)CS[C@H]12. The fraction of sp³-hybridized carbons (Fsp3) is 0.273. The number of nitrogens with zero attached hydrogens (tertiary/aromatic N) is 2. The summed E-state index contributed by atoms with van der Waals surface area (Å²) in [7, 11) is 1.47. The summed E-state index contributed by atoms with van der Waals surface area (Å²) in [5, 5.41) is 1.85. The van der Waals surface area contributed by atoms with Crippen LogP contribution in [-0.4, -0.2) is 59.8 Å². The highest BCUT2D eigenvalue weighted by Crippen LogP contribution is 2.41. The Kier molecular flexibility index (Phi) is 5.69. The zero-order valence-corrected chi connectivity index (χ0v) is 17.3. The van der Waals surface area contributed by atoms with Crippen LogP contribution in [0.3, 0.4) is 0 Å². The van der Waals surface area contributed by atoms with Crippen molar-refractivity contribution in [2.75, 3.05) is 19.5 Å². The lowest BCUT2D eigenvalue weighted by molar-refractivity contribution is -0.159. The summed E-state index contributed by atoms with van der Waals surface area (Å²) in [5.74, 6) is -0.836. The number of methoxy groups -OCH3 is 1. The standard InChI is InChI=1S/C22H20N2O5S/c1-13(25)29-11-17-12-30-22-19(28-2)21(27)24(22)18(17)20(26)23-10-14-7-8-15-5-3-4-6-16(15)9-14/h3-10,19,22H,11-12H2,1-2H3/t19-,22+/m0/s1. The summed E-state index contributed by atoms with van der Waals surface area (Å²) >= 11 is 1.47. The number of amides is 2. The molecule has 2 atom stereocenters. The van der Waals surface area contributed by atoms with Gasteiger partial charge in [0.1, 0.15) is 17.7 Å². The van der Waals surface area contributed by atoms with E-state index in [1.807, 2.05) is 42.5 Å². The van der Waals surface area contributed by atoms with Gasteiger partial charge in [0, 0.05) is 31.6 Å². The fourth-order valence-electron chi connectivity index (χ4n) is 3.51. The van der Waals surface area contributed by atoms with Gasteiger partial charge in [0.05, 0.1) is 0 Å². The molecule has 2 aliphatic heterocycles. The summed E-state index contributed by atoms with van der Waals surface area (Å²) in [4.78, 5) is 42.2. The van der Waals surface area contributed by atoms with Gasteiger partial charge in [-0.2, -0.15) is 0 Å². The van der Waals surface area contributed by atoms with E-state index in [2.05, 4.69) is 4.99 Å². The van der Waals surface area contributed by atoms with Gasteiger partial charge in [0.2, 0.25) is 0 Å². The average Bonchev–Trinajstić information content (AvgIpc) is 2.75. The molecule has 0 N–H and O–H groups in total. The molecule has 0 aromatic heterocycles. The first-order chi connectivity index (χ1) is 14.5. The smallest absolute Gasteiger partial charge is 0.302 e. The molecule has 1 saturated heterocycles. The first-order valence-corrected chi connectivity index (χ1v) is 10.4. The Morgan fingerprint density at radius 1 is 1.23 bits per heavy atom. The fourth-order valence-corrected chi connectivity index (χ4v) is 4.87. The molecule has 0 aliphatic carbocycles. The lowest BCUT2D eigenvalue weighted by Crippen LogP contribution is -2.65. The summed E-state index contributed by atoms with van der Waals surface area (Å²) in [6.45, 7) is 1.25. The molecule has 2 aromatic carbocycles. The van der Waals surface area contributed by atoms with Crippen molar-refractivity contribution in [3.05, 3.63) is 59.3 Å².